The number of hydrogen-bond acceptors (Lipinski definition) is 9. The van der Waals surface area contributed by atoms with E-state index in [0.717, 1.165) is 30.4 Å². The van der Waals surface area contributed by atoms with Crippen LogP contribution in [0.25, 0.3) is 11.4 Å². The van der Waals surface area contributed by atoms with E-state index in [0.29, 0.717) is 44.4 Å². The van der Waals surface area contributed by atoms with Crippen molar-refractivity contribution >= 4 is 62.9 Å². The Morgan fingerprint density at radius 1 is 1.07 bits per heavy atom. The highest BCUT2D eigenvalue weighted by atomic mass is 35.5. The molecule has 0 bridgehead atoms. The number of amides is 1. The van der Waals surface area contributed by atoms with Gasteiger partial charge in [0, 0.05) is 17.0 Å². The number of pyridine rings is 1. The fourth-order valence-electron chi connectivity index (χ4n) is 5.45. The van der Waals surface area contributed by atoms with Crippen molar-refractivity contribution < 1.29 is 19.4 Å². The van der Waals surface area contributed by atoms with Crippen molar-refractivity contribution in [3.63, 3.8) is 0 Å². The molecule has 1 unspecified atom stereocenters. The third-order valence-electron chi connectivity index (χ3n) is 7.85. The molecule has 1 saturated heterocycles. The Morgan fingerprint density at radius 3 is 2.67 bits per heavy atom. The Morgan fingerprint density at radius 2 is 1.89 bits per heavy atom. The molecule has 0 aliphatic carbocycles. The number of ketones is 1. The lowest BCUT2D eigenvalue weighted by Gasteiger charge is -2.23. The molecule has 236 valence electrons. The molecule has 0 saturated carbocycles. The summed E-state index contributed by atoms with van der Waals surface area (Å²) in [6, 6.07) is 17.7. The highest BCUT2D eigenvalue weighted by Crippen LogP contribution is 2.45. The topological polar surface area (TPSA) is 110 Å². The molecule has 1 atom stereocenters. The third kappa shape index (κ3) is 6.14. The number of aryl methyl sites for hydroxylation is 2. The van der Waals surface area contributed by atoms with Crippen LogP contribution < -0.4 is 9.64 Å². The summed E-state index contributed by atoms with van der Waals surface area (Å²) < 4.78 is 8.48. The number of aromatic nitrogens is 4. The van der Waals surface area contributed by atoms with Crippen molar-refractivity contribution in [1.82, 2.24) is 19.6 Å². The van der Waals surface area contributed by atoms with Gasteiger partial charge in [0.2, 0.25) is 5.13 Å². The Balaban J connectivity index is 1.42. The van der Waals surface area contributed by atoms with Gasteiger partial charge in [-0.3, -0.25) is 14.5 Å². The first kappa shape index (κ1) is 31.8. The zero-order valence-electron chi connectivity index (χ0n) is 25.6. The van der Waals surface area contributed by atoms with Crippen LogP contribution in [0.4, 0.5) is 5.13 Å². The maximum atomic E-state index is 13.8. The molecular formula is C34H32ClN5O4S2. The average molecular weight is 674 g/mol. The number of nitrogens with zero attached hydrogens (tertiary/aromatic N) is 5. The van der Waals surface area contributed by atoms with E-state index in [9.17, 15) is 14.7 Å². The first-order chi connectivity index (χ1) is 22.3. The molecule has 6 rings (SSSR count). The number of rotatable bonds is 11. The van der Waals surface area contributed by atoms with Crippen LogP contribution >= 0.6 is 34.7 Å². The zero-order valence-corrected chi connectivity index (χ0v) is 28.0. The predicted octanol–water partition coefficient (Wildman–Crippen LogP) is 7.94. The highest BCUT2D eigenvalue weighted by Gasteiger charge is 2.49. The van der Waals surface area contributed by atoms with Gasteiger partial charge in [0.1, 0.15) is 17.1 Å². The number of carbonyl (C=O) groups excluding carboxylic acids is 2. The van der Waals surface area contributed by atoms with E-state index in [1.165, 1.54) is 28.0 Å². The number of hydrogen-bond donors (Lipinski definition) is 1. The molecule has 1 N–H and O–H groups in total. The Bertz CT molecular complexity index is 1970. The van der Waals surface area contributed by atoms with Crippen LogP contribution in [0.15, 0.2) is 76.8 Å². The summed E-state index contributed by atoms with van der Waals surface area (Å²) in [5, 5.41) is 21.3. The van der Waals surface area contributed by atoms with E-state index in [2.05, 4.69) is 17.1 Å². The van der Waals surface area contributed by atoms with Crippen LogP contribution in [0.2, 0.25) is 5.02 Å². The summed E-state index contributed by atoms with van der Waals surface area (Å²) in [7, 11) is 0. The second kappa shape index (κ2) is 13.7. The lowest BCUT2D eigenvalue weighted by Crippen LogP contribution is -2.29. The number of imidazole rings is 1. The van der Waals surface area contributed by atoms with Crippen molar-refractivity contribution in [2.75, 3.05) is 11.5 Å². The number of aliphatic hydroxyl groups excluding tert-OH is 1. The first-order valence-electron chi connectivity index (χ1n) is 15.0. The number of Topliss-reactive ketones (excluding diaryl/α,β-unsaturated/α-hetero) is 1. The number of ether oxygens (including phenoxy) is 1. The summed E-state index contributed by atoms with van der Waals surface area (Å²) in [5.41, 5.74) is 3.90. The summed E-state index contributed by atoms with van der Waals surface area (Å²) in [4.78, 5) is 33.6. The molecular weight excluding hydrogens is 642 g/mol. The van der Waals surface area contributed by atoms with E-state index in [-0.39, 0.29) is 22.2 Å². The van der Waals surface area contributed by atoms with Gasteiger partial charge in [-0.1, -0.05) is 90.9 Å². The largest absolute Gasteiger partial charge is 0.505 e. The molecule has 5 aromatic rings. The summed E-state index contributed by atoms with van der Waals surface area (Å²) in [5.74, 6) is -0.825. The summed E-state index contributed by atoms with van der Waals surface area (Å²) in [6.07, 6.45) is 4.87. The van der Waals surface area contributed by atoms with Gasteiger partial charge in [-0.15, -0.1) is 10.2 Å². The molecule has 9 nitrogen and oxygen atoms in total. The van der Waals surface area contributed by atoms with Crippen molar-refractivity contribution in [2.45, 2.75) is 56.2 Å². The zero-order chi connectivity index (χ0) is 32.4. The number of unbranched alkanes of at least 4 members (excludes halogenated alkanes) is 2. The normalized spacial score (nSPS) is 16.1. The Labute approximate surface area is 279 Å². The summed E-state index contributed by atoms with van der Waals surface area (Å²) in [6.45, 7) is 6.41. The van der Waals surface area contributed by atoms with Crippen LogP contribution in [0.5, 0.6) is 5.75 Å². The highest BCUT2D eigenvalue weighted by molar-refractivity contribution is 8.00. The van der Waals surface area contributed by atoms with Crippen molar-refractivity contribution in [1.29, 1.82) is 0 Å². The lowest BCUT2D eigenvalue weighted by molar-refractivity contribution is -0.132. The van der Waals surface area contributed by atoms with Gasteiger partial charge >= 0.3 is 5.91 Å². The smallest absolute Gasteiger partial charge is 0.301 e. The standard InChI is InChI=1S/C34H32ClN5O4S2/c1-4-5-8-17-44-24-14-9-13-22(18-24)28-26(29(41)27-21(3)39-16-10-11-20(2)31(39)36-27)30(42)32(43)40(28)33-37-38-34(46-33)45-19-23-12-6-7-15-25(23)35/h6-7,9-16,18,28,41H,4-5,8,17,19H2,1-3H3/b29-26+. The fraction of sp³-hybridized carbons (Fsp3) is 0.265. The summed E-state index contributed by atoms with van der Waals surface area (Å²) >= 11 is 8.97. The van der Waals surface area contributed by atoms with Crippen molar-refractivity contribution in [3.05, 3.63) is 106 Å². The number of aliphatic hydroxyl groups is 1. The van der Waals surface area contributed by atoms with Crippen LogP contribution in [0, 0.1) is 13.8 Å². The molecule has 1 aliphatic rings. The van der Waals surface area contributed by atoms with E-state index in [1.807, 2.05) is 79.0 Å². The van der Waals surface area contributed by atoms with Gasteiger partial charge < -0.3 is 14.2 Å². The molecule has 1 fully saturated rings. The molecule has 4 heterocycles. The number of thioether (sulfide) groups is 1. The quantitative estimate of drug-likeness (QED) is 0.0376. The van der Waals surface area contributed by atoms with Gasteiger partial charge in [0.25, 0.3) is 5.78 Å². The number of fused-ring (bicyclic) bond motifs is 1. The van der Waals surface area contributed by atoms with Gasteiger partial charge in [-0.2, -0.15) is 0 Å². The Hall–Kier alpha value is -4.19. The maximum absolute atomic E-state index is 13.8. The van der Waals surface area contributed by atoms with Crippen LogP contribution in [0.1, 0.15) is 60.3 Å². The van der Waals surface area contributed by atoms with Crippen LogP contribution in [-0.2, 0) is 15.3 Å². The van der Waals surface area contributed by atoms with E-state index < -0.39 is 17.7 Å². The van der Waals surface area contributed by atoms with Crippen LogP contribution in [-0.4, -0.2) is 43.0 Å². The van der Waals surface area contributed by atoms with E-state index in [1.54, 1.807) is 6.07 Å². The predicted molar refractivity (Wildman–Crippen MR) is 182 cm³/mol. The fourth-order valence-corrected chi connectivity index (χ4v) is 7.60. The lowest BCUT2D eigenvalue weighted by atomic mass is 9.96. The van der Waals surface area contributed by atoms with Crippen molar-refractivity contribution in [2.24, 2.45) is 0 Å². The van der Waals surface area contributed by atoms with Gasteiger partial charge in [-0.25, -0.2) is 4.98 Å². The second-order valence-electron chi connectivity index (χ2n) is 11.0. The second-order valence-corrected chi connectivity index (χ2v) is 13.5. The molecule has 12 heteroatoms. The minimum atomic E-state index is -0.987. The van der Waals surface area contributed by atoms with E-state index in [4.69, 9.17) is 21.3 Å². The molecule has 3 aromatic heterocycles. The number of halogens is 1. The monoisotopic (exact) mass is 673 g/mol. The number of carbonyl (C=O) groups is 2. The van der Waals surface area contributed by atoms with Gasteiger partial charge in [-0.05, 0) is 61.2 Å². The molecule has 1 amide bonds. The number of benzene rings is 2. The molecule has 0 spiro atoms. The molecule has 0 radical (unpaired) electrons. The average Bonchev–Trinajstić information content (AvgIpc) is 3.74. The van der Waals surface area contributed by atoms with Gasteiger partial charge in [0.15, 0.2) is 10.1 Å². The maximum Gasteiger partial charge on any atom is 0.301 e. The molecule has 46 heavy (non-hydrogen) atoms. The van der Waals surface area contributed by atoms with Crippen molar-refractivity contribution in [3.8, 4) is 5.75 Å². The van der Waals surface area contributed by atoms with Crippen LogP contribution in [0.3, 0.4) is 0 Å². The molecule has 1 aliphatic heterocycles. The minimum Gasteiger partial charge on any atom is -0.505 e. The third-order valence-corrected chi connectivity index (χ3v) is 10.3. The molecule has 2 aromatic carbocycles. The number of anilines is 1. The minimum absolute atomic E-state index is 0.0715. The van der Waals surface area contributed by atoms with Gasteiger partial charge in [0.05, 0.1) is 23.9 Å². The Kier molecular flexibility index (Phi) is 9.44. The SMILES string of the molecule is CCCCCOc1cccc(C2/C(=C(\O)c3nc4c(C)cccn4c3C)C(=O)C(=O)N2c2nnc(SCc3ccccc3Cl)s2)c1. The first-order valence-corrected chi connectivity index (χ1v) is 17.1. The van der Waals surface area contributed by atoms with E-state index >= 15 is 0 Å².